The molecule has 1 unspecified atom stereocenters. The summed E-state index contributed by atoms with van der Waals surface area (Å²) in [4.78, 5) is 11.8. The molecule has 1 aromatic rings. The molecule has 0 saturated carbocycles. The number of carbonyl (C=O) groups excluding carboxylic acids is 1. The molecule has 0 heterocycles. The Hall–Kier alpha value is -1.08. The molecule has 0 aliphatic carbocycles. The monoisotopic (exact) mass is 367 g/mol. The van der Waals surface area contributed by atoms with E-state index < -0.39 is 11.7 Å². The average molecular weight is 368 g/mol. The van der Waals surface area contributed by atoms with Gasteiger partial charge in [0, 0.05) is 18.5 Å². The van der Waals surface area contributed by atoms with Gasteiger partial charge in [-0.15, -0.1) is 0 Å². The summed E-state index contributed by atoms with van der Waals surface area (Å²) in [6.07, 6.45) is -3.57. The van der Waals surface area contributed by atoms with Crippen molar-refractivity contribution in [3.05, 3.63) is 35.4 Å². The van der Waals surface area contributed by atoms with Gasteiger partial charge < -0.3 is 10.1 Å². The average Bonchev–Trinajstić information content (AvgIpc) is 2.38. The van der Waals surface area contributed by atoms with Gasteiger partial charge in [-0.1, -0.05) is 28.1 Å². The fraction of sp³-hybridized carbons (Fsp3) is 0.500. The van der Waals surface area contributed by atoms with Gasteiger partial charge in [-0.2, -0.15) is 13.2 Å². The van der Waals surface area contributed by atoms with E-state index in [4.69, 9.17) is 4.74 Å². The zero-order chi connectivity index (χ0) is 15.9. The first-order chi connectivity index (χ1) is 9.82. The highest BCUT2D eigenvalue weighted by atomic mass is 79.9. The SMILES string of the molecule is COCC(Br)CCNC(=O)Cc1ccc(C(F)(F)F)cc1. The minimum atomic E-state index is -4.35. The summed E-state index contributed by atoms with van der Waals surface area (Å²) in [5.41, 5.74) is -0.166. The molecule has 0 bridgehead atoms. The summed E-state index contributed by atoms with van der Waals surface area (Å²) >= 11 is 3.40. The first-order valence-corrected chi connectivity index (χ1v) is 7.30. The third-order valence-electron chi connectivity index (χ3n) is 2.77. The summed E-state index contributed by atoms with van der Waals surface area (Å²) < 4.78 is 42.1. The summed E-state index contributed by atoms with van der Waals surface area (Å²) in [6.45, 7) is 1.04. The first kappa shape index (κ1) is 18.0. The van der Waals surface area contributed by atoms with Crippen molar-refractivity contribution in [1.82, 2.24) is 5.32 Å². The number of hydrogen-bond donors (Lipinski definition) is 1. The van der Waals surface area contributed by atoms with Gasteiger partial charge in [0.1, 0.15) is 0 Å². The van der Waals surface area contributed by atoms with Gasteiger partial charge in [-0.25, -0.2) is 0 Å². The lowest BCUT2D eigenvalue weighted by molar-refractivity contribution is -0.137. The van der Waals surface area contributed by atoms with Crippen molar-refractivity contribution in [3.8, 4) is 0 Å². The Morgan fingerprint density at radius 3 is 2.48 bits per heavy atom. The Morgan fingerprint density at radius 1 is 1.33 bits per heavy atom. The molecule has 21 heavy (non-hydrogen) atoms. The number of benzene rings is 1. The molecule has 1 rings (SSSR count). The molecule has 1 aromatic carbocycles. The Morgan fingerprint density at radius 2 is 1.95 bits per heavy atom. The molecule has 1 N–H and O–H groups in total. The lowest BCUT2D eigenvalue weighted by Crippen LogP contribution is -2.28. The van der Waals surface area contributed by atoms with E-state index in [-0.39, 0.29) is 17.2 Å². The second-order valence-corrected chi connectivity index (χ2v) is 5.86. The minimum Gasteiger partial charge on any atom is -0.384 e. The molecular formula is C14H17BrF3NO2. The van der Waals surface area contributed by atoms with Crippen molar-refractivity contribution in [3.63, 3.8) is 0 Å². The van der Waals surface area contributed by atoms with Gasteiger partial charge in [0.15, 0.2) is 0 Å². The predicted octanol–water partition coefficient (Wildman–Crippen LogP) is 3.16. The lowest BCUT2D eigenvalue weighted by atomic mass is 10.1. The maximum Gasteiger partial charge on any atom is 0.416 e. The van der Waals surface area contributed by atoms with E-state index in [0.717, 1.165) is 12.1 Å². The third kappa shape index (κ3) is 6.95. The number of amides is 1. The summed E-state index contributed by atoms with van der Waals surface area (Å²) in [5, 5.41) is 2.72. The Labute approximate surface area is 130 Å². The Balaban J connectivity index is 2.38. The van der Waals surface area contributed by atoms with Gasteiger partial charge in [-0.3, -0.25) is 4.79 Å². The van der Waals surface area contributed by atoms with E-state index in [9.17, 15) is 18.0 Å². The summed E-state index contributed by atoms with van der Waals surface area (Å²) in [5.74, 6) is -0.216. The van der Waals surface area contributed by atoms with E-state index in [1.807, 2.05) is 0 Å². The molecule has 0 aromatic heterocycles. The van der Waals surface area contributed by atoms with Crippen molar-refractivity contribution in [1.29, 1.82) is 0 Å². The third-order valence-corrected chi connectivity index (χ3v) is 3.50. The number of methoxy groups -OCH3 is 1. The zero-order valence-corrected chi connectivity index (χ0v) is 13.1. The van der Waals surface area contributed by atoms with Crippen LogP contribution in [0.4, 0.5) is 13.2 Å². The zero-order valence-electron chi connectivity index (χ0n) is 11.5. The largest absolute Gasteiger partial charge is 0.416 e. The van der Waals surface area contributed by atoms with Gasteiger partial charge in [0.2, 0.25) is 5.91 Å². The fourth-order valence-corrected chi connectivity index (χ4v) is 2.19. The van der Waals surface area contributed by atoms with Crippen molar-refractivity contribution in [2.45, 2.75) is 23.8 Å². The van der Waals surface area contributed by atoms with Crippen LogP contribution < -0.4 is 5.32 Å². The minimum absolute atomic E-state index is 0.0648. The van der Waals surface area contributed by atoms with Crippen LogP contribution in [0.15, 0.2) is 24.3 Å². The predicted molar refractivity (Wildman–Crippen MR) is 77.4 cm³/mol. The number of hydrogen-bond acceptors (Lipinski definition) is 2. The number of carbonyl (C=O) groups is 1. The van der Waals surface area contributed by atoms with Crippen LogP contribution in [0.2, 0.25) is 0 Å². The van der Waals surface area contributed by atoms with Crippen LogP contribution in [0.5, 0.6) is 0 Å². The van der Waals surface area contributed by atoms with E-state index in [2.05, 4.69) is 21.2 Å². The number of alkyl halides is 4. The van der Waals surface area contributed by atoms with Gasteiger partial charge in [0.05, 0.1) is 18.6 Å². The molecule has 0 fully saturated rings. The van der Waals surface area contributed by atoms with E-state index in [0.29, 0.717) is 25.1 Å². The quantitative estimate of drug-likeness (QED) is 0.751. The van der Waals surface area contributed by atoms with Crippen LogP contribution in [0.25, 0.3) is 0 Å². The second-order valence-electron chi connectivity index (χ2n) is 4.56. The molecule has 0 aliphatic heterocycles. The standard InChI is InChI=1S/C14H17BrF3NO2/c1-21-9-12(15)6-7-19-13(20)8-10-2-4-11(5-3-10)14(16,17)18/h2-5,12H,6-9H2,1H3,(H,19,20). The molecule has 7 heteroatoms. The molecule has 1 atom stereocenters. The molecule has 0 aliphatic rings. The van der Waals surface area contributed by atoms with Gasteiger partial charge in [-0.05, 0) is 24.1 Å². The Bertz CT molecular complexity index is 449. The lowest BCUT2D eigenvalue weighted by Gasteiger charge is -2.10. The Kier molecular flexibility index (Phi) is 7.17. The molecule has 0 saturated heterocycles. The van der Waals surface area contributed by atoms with Gasteiger partial charge in [0.25, 0.3) is 0 Å². The highest BCUT2D eigenvalue weighted by Gasteiger charge is 2.29. The maximum absolute atomic E-state index is 12.4. The van der Waals surface area contributed by atoms with Crippen LogP contribution in [0.3, 0.4) is 0 Å². The molecule has 118 valence electrons. The summed E-state index contributed by atoms with van der Waals surface area (Å²) in [6, 6.07) is 4.60. The number of ether oxygens (including phenoxy) is 1. The van der Waals surface area contributed by atoms with Gasteiger partial charge >= 0.3 is 6.18 Å². The molecule has 0 spiro atoms. The second kappa shape index (κ2) is 8.38. The maximum atomic E-state index is 12.4. The van der Waals surface area contributed by atoms with Crippen LogP contribution in [0.1, 0.15) is 17.5 Å². The molecule has 1 amide bonds. The first-order valence-electron chi connectivity index (χ1n) is 6.38. The van der Waals surface area contributed by atoms with Crippen molar-refractivity contribution in [2.24, 2.45) is 0 Å². The summed E-state index contributed by atoms with van der Waals surface area (Å²) in [7, 11) is 1.59. The number of rotatable bonds is 7. The number of nitrogens with one attached hydrogen (secondary N) is 1. The van der Waals surface area contributed by atoms with Crippen molar-refractivity contribution < 1.29 is 22.7 Å². The van der Waals surface area contributed by atoms with Crippen molar-refractivity contribution in [2.75, 3.05) is 20.3 Å². The molecular weight excluding hydrogens is 351 g/mol. The van der Waals surface area contributed by atoms with E-state index in [1.54, 1.807) is 7.11 Å². The van der Waals surface area contributed by atoms with Crippen LogP contribution in [-0.2, 0) is 22.1 Å². The number of halogens is 4. The smallest absolute Gasteiger partial charge is 0.384 e. The normalized spacial score (nSPS) is 13.0. The highest BCUT2D eigenvalue weighted by Crippen LogP contribution is 2.29. The molecule has 0 radical (unpaired) electrons. The van der Waals surface area contributed by atoms with Crippen LogP contribution in [-0.4, -0.2) is 31.0 Å². The van der Waals surface area contributed by atoms with E-state index >= 15 is 0 Å². The van der Waals surface area contributed by atoms with E-state index in [1.165, 1.54) is 12.1 Å². The van der Waals surface area contributed by atoms with Crippen molar-refractivity contribution >= 4 is 21.8 Å². The molecule has 3 nitrogen and oxygen atoms in total. The van der Waals surface area contributed by atoms with Crippen LogP contribution in [0, 0.1) is 0 Å². The highest BCUT2D eigenvalue weighted by molar-refractivity contribution is 9.09. The van der Waals surface area contributed by atoms with Crippen LogP contribution >= 0.6 is 15.9 Å². The fourth-order valence-electron chi connectivity index (χ4n) is 1.69. The topological polar surface area (TPSA) is 38.3 Å².